The molecular weight excluding hydrogens is 226 g/mol. The number of carbonyl (C=O) groups excluding carboxylic acids is 1. The first kappa shape index (κ1) is 13.1. The van der Waals surface area contributed by atoms with Crippen LogP contribution in [-0.2, 0) is 4.79 Å². The minimum absolute atomic E-state index is 0.0540. The number of anilines is 1. The zero-order valence-electron chi connectivity index (χ0n) is 10.9. The Kier molecular flexibility index (Phi) is 4.33. The summed E-state index contributed by atoms with van der Waals surface area (Å²) >= 11 is 0. The highest BCUT2D eigenvalue weighted by molar-refractivity contribution is 5.92. The molecule has 3 N–H and O–H groups in total. The van der Waals surface area contributed by atoms with E-state index in [0.29, 0.717) is 12.5 Å². The van der Waals surface area contributed by atoms with Crippen LogP contribution in [0, 0.1) is 12.8 Å². The number of likely N-dealkylation sites (tertiary alicyclic amines) is 1. The van der Waals surface area contributed by atoms with E-state index in [9.17, 15) is 4.79 Å². The Balaban J connectivity index is 1.82. The van der Waals surface area contributed by atoms with Gasteiger partial charge >= 0.3 is 0 Å². The van der Waals surface area contributed by atoms with Gasteiger partial charge in [-0.05, 0) is 50.0 Å². The standard InChI is InChI=1S/C14H21N3O/c1-11-3-2-4-13(7-11)16-14(18)10-17-6-5-12(8-15)9-17/h2-4,7,12H,5-6,8-10,15H2,1H3,(H,16,18). The van der Waals surface area contributed by atoms with E-state index in [1.807, 2.05) is 31.2 Å². The van der Waals surface area contributed by atoms with Gasteiger partial charge in [0.1, 0.15) is 0 Å². The maximum absolute atomic E-state index is 11.9. The van der Waals surface area contributed by atoms with Crippen LogP contribution in [-0.4, -0.2) is 37.0 Å². The summed E-state index contributed by atoms with van der Waals surface area (Å²) in [4.78, 5) is 14.1. The predicted octanol–water partition coefficient (Wildman–Crippen LogP) is 1.21. The fraction of sp³-hybridized carbons (Fsp3) is 0.500. The van der Waals surface area contributed by atoms with Crippen molar-refractivity contribution in [3.63, 3.8) is 0 Å². The number of hydrogen-bond acceptors (Lipinski definition) is 3. The van der Waals surface area contributed by atoms with Crippen LogP contribution in [0.15, 0.2) is 24.3 Å². The summed E-state index contributed by atoms with van der Waals surface area (Å²) < 4.78 is 0. The molecule has 4 heteroatoms. The Morgan fingerprint density at radius 3 is 3.06 bits per heavy atom. The van der Waals surface area contributed by atoms with Crippen LogP contribution >= 0.6 is 0 Å². The molecule has 1 atom stereocenters. The first-order valence-electron chi connectivity index (χ1n) is 6.46. The van der Waals surface area contributed by atoms with Crippen molar-refractivity contribution in [2.45, 2.75) is 13.3 Å². The zero-order chi connectivity index (χ0) is 13.0. The van der Waals surface area contributed by atoms with Crippen LogP contribution in [0.4, 0.5) is 5.69 Å². The molecule has 0 aliphatic carbocycles. The summed E-state index contributed by atoms with van der Waals surface area (Å²) in [5.74, 6) is 0.607. The number of rotatable bonds is 4. The molecule has 1 amide bonds. The highest BCUT2D eigenvalue weighted by Crippen LogP contribution is 2.15. The number of benzene rings is 1. The number of nitrogens with one attached hydrogen (secondary N) is 1. The van der Waals surface area contributed by atoms with E-state index in [0.717, 1.165) is 37.3 Å². The Hall–Kier alpha value is -1.39. The molecule has 4 nitrogen and oxygen atoms in total. The molecule has 2 rings (SSSR count). The van der Waals surface area contributed by atoms with E-state index >= 15 is 0 Å². The van der Waals surface area contributed by atoms with Gasteiger partial charge in [0.05, 0.1) is 6.54 Å². The molecule has 0 spiro atoms. The van der Waals surface area contributed by atoms with Crippen molar-refractivity contribution in [2.75, 3.05) is 31.5 Å². The quantitative estimate of drug-likeness (QED) is 0.841. The smallest absolute Gasteiger partial charge is 0.238 e. The molecule has 0 aromatic heterocycles. The number of carbonyl (C=O) groups is 1. The predicted molar refractivity (Wildman–Crippen MR) is 73.4 cm³/mol. The number of nitrogens with zero attached hydrogens (tertiary/aromatic N) is 1. The Bertz CT molecular complexity index is 419. The summed E-state index contributed by atoms with van der Waals surface area (Å²) in [7, 11) is 0. The molecule has 1 fully saturated rings. The van der Waals surface area contributed by atoms with Gasteiger partial charge in [0.2, 0.25) is 5.91 Å². The molecule has 1 saturated heterocycles. The molecule has 1 aromatic rings. The number of aryl methyl sites for hydroxylation is 1. The molecule has 0 bridgehead atoms. The van der Waals surface area contributed by atoms with Gasteiger partial charge in [0, 0.05) is 12.2 Å². The second kappa shape index (κ2) is 5.98. The van der Waals surface area contributed by atoms with Crippen LogP contribution in [0.1, 0.15) is 12.0 Å². The lowest BCUT2D eigenvalue weighted by Crippen LogP contribution is -2.32. The lowest BCUT2D eigenvalue weighted by Gasteiger charge is -2.15. The largest absolute Gasteiger partial charge is 0.330 e. The molecule has 1 heterocycles. The Morgan fingerprint density at radius 2 is 2.39 bits per heavy atom. The van der Waals surface area contributed by atoms with Crippen molar-refractivity contribution < 1.29 is 4.79 Å². The summed E-state index contributed by atoms with van der Waals surface area (Å²) in [5.41, 5.74) is 7.66. The van der Waals surface area contributed by atoms with Crippen molar-refractivity contribution in [1.29, 1.82) is 0 Å². The van der Waals surface area contributed by atoms with Gasteiger partial charge in [-0.25, -0.2) is 0 Å². The van der Waals surface area contributed by atoms with Gasteiger partial charge < -0.3 is 11.1 Å². The van der Waals surface area contributed by atoms with Gasteiger partial charge in [0.15, 0.2) is 0 Å². The molecule has 1 aliphatic heterocycles. The first-order chi connectivity index (χ1) is 8.67. The van der Waals surface area contributed by atoms with Crippen molar-refractivity contribution >= 4 is 11.6 Å². The topological polar surface area (TPSA) is 58.4 Å². The van der Waals surface area contributed by atoms with E-state index in [4.69, 9.17) is 5.73 Å². The maximum atomic E-state index is 11.9. The van der Waals surface area contributed by atoms with Gasteiger partial charge in [0.25, 0.3) is 0 Å². The number of amides is 1. The van der Waals surface area contributed by atoms with Crippen molar-refractivity contribution in [3.05, 3.63) is 29.8 Å². The van der Waals surface area contributed by atoms with Crippen LogP contribution in [0.25, 0.3) is 0 Å². The van der Waals surface area contributed by atoms with Gasteiger partial charge in [-0.3, -0.25) is 9.69 Å². The first-order valence-corrected chi connectivity index (χ1v) is 6.46. The van der Waals surface area contributed by atoms with Gasteiger partial charge in [-0.15, -0.1) is 0 Å². The lowest BCUT2D eigenvalue weighted by atomic mass is 10.1. The Labute approximate surface area is 108 Å². The maximum Gasteiger partial charge on any atom is 0.238 e. The SMILES string of the molecule is Cc1cccc(NC(=O)CN2CCC(CN)C2)c1. The van der Waals surface area contributed by atoms with Crippen LogP contribution < -0.4 is 11.1 Å². The fourth-order valence-corrected chi connectivity index (χ4v) is 2.38. The van der Waals surface area contributed by atoms with E-state index in [2.05, 4.69) is 10.2 Å². The zero-order valence-corrected chi connectivity index (χ0v) is 10.9. The molecule has 98 valence electrons. The molecule has 0 saturated carbocycles. The second-order valence-electron chi connectivity index (χ2n) is 5.04. The van der Waals surface area contributed by atoms with Gasteiger partial charge in [-0.1, -0.05) is 12.1 Å². The molecule has 0 radical (unpaired) electrons. The van der Waals surface area contributed by atoms with Crippen molar-refractivity contribution in [2.24, 2.45) is 11.7 Å². The average Bonchev–Trinajstić information content (AvgIpc) is 2.76. The third kappa shape index (κ3) is 3.55. The molecule has 18 heavy (non-hydrogen) atoms. The summed E-state index contributed by atoms with van der Waals surface area (Å²) in [6.45, 7) is 5.11. The second-order valence-corrected chi connectivity index (χ2v) is 5.04. The van der Waals surface area contributed by atoms with E-state index < -0.39 is 0 Å². The van der Waals surface area contributed by atoms with Gasteiger partial charge in [-0.2, -0.15) is 0 Å². The molecule has 1 aliphatic rings. The van der Waals surface area contributed by atoms with E-state index in [1.165, 1.54) is 0 Å². The summed E-state index contributed by atoms with van der Waals surface area (Å²) in [6.07, 6.45) is 1.11. The van der Waals surface area contributed by atoms with Crippen LogP contribution in [0.2, 0.25) is 0 Å². The van der Waals surface area contributed by atoms with E-state index in [-0.39, 0.29) is 5.91 Å². The third-order valence-electron chi connectivity index (χ3n) is 3.37. The Morgan fingerprint density at radius 1 is 1.56 bits per heavy atom. The fourth-order valence-electron chi connectivity index (χ4n) is 2.38. The lowest BCUT2D eigenvalue weighted by molar-refractivity contribution is -0.117. The highest BCUT2D eigenvalue weighted by Gasteiger charge is 2.22. The van der Waals surface area contributed by atoms with Crippen molar-refractivity contribution in [1.82, 2.24) is 4.90 Å². The minimum Gasteiger partial charge on any atom is -0.330 e. The van der Waals surface area contributed by atoms with Crippen LogP contribution in [0.5, 0.6) is 0 Å². The van der Waals surface area contributed by atoms with E-state index in [1.54, 1.807) is 0 Å². The molecule has 1 unspecified atom stereocenters. The summed E-state index contributed by atoms with van der Waals surface area (Å²) in [5, 5.41) is 2.93. The highest BCUT2D eigenvalue weighted by atomic mass is 16.2. The monoisotopic (exact) mass is 247 g/mol. The van der Waals surface area contributed by atoms with Crippen LogP contribution in [0.3, 0.4) is 0 Å². The molecule has 1 aromatic carbocycles. The molecular formula is C14H21N3O. The minimum atomic E-state index is 0.0540. The average molecular weight is 247 g/mol. The normalized spacial score (nSPS) is 20.0. The summed E-state index contributed by atoms with van der Waals surface area (Å²) in [6, 6.07) is 7.86. The number of nitrogens with two attached hydrogens (primary N) is 1. The third-order valence-corrected chi connectivity index (χ3v) is 3.37. The van der Waals surface area contributed by atoms with Crippen molar-refractivity contribution in [3.8, 4) is 0 Å². The number of hydrogen-bond donors (Lipinski definition) is 2.